The highest BCUT2D eigenvalue weighted by Gasteiger charge is 2.25. The predicted molar refractivity (Wildman–Crippen MR) is 173 cm³/mol. The number of benzene rings is 6. The van der Waals surface area contributed by atoms with Crippen molar-refractivity contribution in [3.8, 4) is 44.9 Å². The van der Waals surface area contributed by atoms with Crippen LogP contribution >= 0.6 is 0 Å². The molecule has 0 aliphatic heterocycles. The summed E-state index contributed by atoms with van der Waals surface area (Å²) < 4.78 is 0. The molecule has 0 unspecified atom stereocenters. The number of phenolic OH excluding ortho intramolecular Hbond substituents is 2. The zero-order valence-electron chi connectivity index (χ0n) is 21.4. The molecular formula is C32H16B6O2. The maximum Gasteiger partial charge on any atom is 0.150 e. The summed E-state index contributed by atoms with van der Waals surface area (Å²) in [6.07, 6.45) is 0. The van der Waals surface area contributed by atoms with Gasteiger partial charge in [0.2, 0.25) is 0 Å². The van der Waals surface area contributed by atoms with Gasteiger partial charge in [-0.2, -0.15) is 0 Å². The van der Waals surface area contributed by atoms with Crippen LogP contribution in [0.5, 0.6) is 11.5 Å². The fraction of sp³-hybridized carbons (Fsp3) is 0. The second-order valence-corrected chi connectivity index (χ2v) is 9.74. The van der Waals surface area contributed by atoms with E-state index in [2.05, 4.69) is 0 Å². The molecule has 0 aromatic heterocycles. The fourth-order valence-corrected chi connectivity index (χ4v) is 5.52. The number of rotatable bonds is 3. The summed E-state index contributed by atoms with van der Waals surface area (Å²) in [5, 5.41) is 23.5. The Morgan fingerprint density at radius 1 is 0.325 bits per heavy atom. The van der Waals surface area contributed by atoms with E-state index in [1.165, 1.54) is 0 Å². The molecule has 0 aliphatic rings. The van der Waals surface area contributed by atoms with Gasteiger partial charge in [0.05, 0.1) is 0 Å². The second-order valence-electron chi connectivity index (χ2n) is 9.74. The molecule has 0 saturated carbocycles. The fourth-order valence-electron chi connectivity index (χ4n) is 5.52. The summed E-state index contributed by atoms with van der Waals surface area (Å²) in [5.74, 6) is -1.05. The molecule has 6 aromatic carbocycles. The van der Waals surface area contributed by atoms with Crippen molar-refractivity contribution in [3.63, 3.8) is 0 Å². The topological polar surface area (TPSA) is 40.5 Å². The van der Waals surface area contributed by atoms with Crippen molar-refractivity contribution in [2.75, 3.05) is 0 Å². The van der Waals surface area contributed by atoms with Gasteiger partial charge in [-0.3, -0.25) is 0 Å². The van der Waals surface area contributed by atoms with Crippen LogP contribution in [-0.4, -0.2) is 57.3 Å². The van der Waals surface area contributed by atoms with Gasteiger partial charge in [-0.1, -0.05) is 95.9 Å². The minimum Gasteiger partial charge on any atom is -0.505 e. The van der Waals surface area contributed by atoms with E-state index in [0.717, 1.165) is 22.3 Å². The highest BCUT2D eigenvalue weighted by molar-refractivity contribution is 6.68. The first-order chi connectivity index (χ1) is 19.2. The molecule has 40 heavy (non-hydrogen) atoms. The molecule has 0 aliphatic carbocycles. The largest absolute Gasteiger partial charge is 0.505 e. The van der Waals surface area contributed by atoms with Crippen LogP contribution < -0.4 is 32.8 Å². The zero-order valence-corrected chi connectivity index (χ0v) is 21.4. The van der Waals surface area contributed by atoms with Gasteiger partial charge in [-0.05, 0) is 65.9 Å². The van der Waals surface area contributed by atoms with Crippen LogP contribution in [0.1, 0.15) is 0 Å². The third kappa shape index (κ3) is 3.81. The lowest BCUT2D eigenvalue weighted by Gasteiger charge is -2.27. The maximum atomic E-state index is 10.8. The predicted octanol–water partition coefficient (Wildman–Crippen LogP) is 1.17. The van der Waals surface area contributed by atoms with Crippen molar-refractivity contribution >= 4 is 101 Å². The molecule has 0 heterocycles. The van der Waals surface area contributed by atoms with Crippen LogP contribution in [0.4, 0.5) is 0 Å². The van der Waals surface area contributed by atoms with Crippen LogP contribution in [0.25, 0.3) is 54.9 Å². The van der Waals surface area contributed by atoms with E-state index in [1.54, 1.807) is 0 Å². The minimum absolute atomic E-state index is 0.0574. The first kappa shape index (κ1) is 26.1. The third-order valence-corrected chi connectivity index (χ3v) is 7.53. The van der Waals surface area contributed by atoms with Gasteiger partial charge in [0.25, 0.3) is 0 Å². The summed E-state index contributed by atoms with van der Waals surface area (Å²) in [6.45, 7) is 0. The summed E-state index contributed by atoms with van der Waals surface area (Å²) in [5.41, 5.74) is 5.22. The van der Waals surface area contributed by atoms with Crippen molar-refractivity contribution < 1.29 is 10.2 Å². The first-order valence-corrected chi connectivity index (χ1v) is 12.6. The Morgan fingerprint density at radius 2 is 0.625 bits per heavy atom. The summed E-state index contributed by atoms with van der Waals surface area (Å²) >= 11 is 0. The zero-order chi connectivity index (χ0) is 28.3. The Balaban J connectivity index is 1.87. The molecule has 2 nitrogen and oxygen atoms in total. The lowest BCUT2D eigenvalue weighted by molar-refractivity contribution is 0.410. The molecule has 174 valence electrons. The Hall–Kier alpha value is -4.17. The van der Waals surface area contributed by atoms with Gasteiger partial charge in [-0.15, -0.1) is 10.9 Å². The average molecular weight is 497 g/mol. The van der Waals surface area contributed by atoms with E-state index >= 15 is 0 Å². The van der Waals surface area contributed by atoms with E-state index in [-0.39, 0.29) is 32.8 Å². The molecule has 0 saturated heterocycles. The van der Waals surface area contributed by atoms with Crippen molar-refractivity contribution in [3.05, 3.63) is 84.9 Å². The van der Waals surface area contributed by atoms with E-state index in [0.29, 0.717) is 32.7 Å². The SMILES string of the molecule is [B]c1c([B])c([B])c2c(-c3ccc(-c4ccccc4)cc3)c3c([B])c(O)c(O)c([B])c3c(-c3ccccc3)c2c1[B]. The molecule has 0 spiro atoms. The molecule has 0 amide bonds. The first-order valence-electron chi connectivity index (χ1n) is 12.6. The quantitative estimate of drug-likeness (QED) is 0.219. The number of hydrogen-bond acceptors (Lipinski definition) is 2. The minimum atomic E-state index is -0.527. The van der Waals surface area contributed by atoms with Crippen molar-refractivity contribution in [2.45, 2.75) is 0 Å². The Morgan fingerprint density at radius 3 is 1.05 bits per heavy atom. The van der Waals surface area contributed by atoms with Crippen LogP contribution in [0.15, 0.2) is 84.9 Å². The van der Waals surface area contributed by atoms with Crippen LogP contribution in [0.2, 0.25) is 0 Å². The second kappa shape index (κ2) is 9.78. The molecular weight excluding hydrogens is 481 g/mol. The monoisotopic (exact) mass is 498 g/mol. The molecule has 6 aromatic rings. The molecule has 0 bridgehead atoms. The Labute approximate surface area is 240 Å². The molecule has 0 fully saturated rings. The van der Waals surface area contributed by atoms with Gasteiger partial charge in [0.1, 0.15) is 58.6 Å². The van der Waals surface area contributed by atoms with Gasteiger partial charge in [0, 0.05) is 0 Å². The lowest BCUT2D eigenvalue weighted by Crippen LogP contribution is -2.48. The van der Waals surface area contributed by atoms with Gasteiger partial charge in [0.15, 0.2) is 0 Å². The number of phenols is 2. The van der Waals surface area contributed by atoms with Crippen molar-refractivity contribution in [1.29, 1.82) is 0 Å². The van der Waals surface area contributed by atoms with E-state index < -0.39 is 11.5 Å². The van der Waals surface area contributed by atoms with E-state index in [9.17, 15) is 10.2 Å². The Bertz CT molecular complexity index is 1870. The maximum absolute atomic E-state index is 10.8. The lowest BCUT2D eigenvalue weighted by atomic mass is 9.61. The molecule has 0 atom stereocenters. The highest BCUT2D eigenvalue weighted by atomic mass is 16.3. The van der Waals surface area contributed by atoms with Crippen LogP contribution in [-0.2, 0) is 0 Å². The molecule has 2 N–H and O–H groups in total. The van der Waals surface area contributed by atoms with E-state index in [1.807, 2.05) is 84.9 Å². The van der Waals surface area contributed by atoms with Crippen molar-refractivity contribution in [2.24, 2.45) is 0 Å². The van der Waals surface area contributed by atoms with Crippen LogP contribution in [0, 0.1) is 0 Å². The normalized spacial score (nSPS) is 11.3. The van der Waals surface area contributed by atoms with E-state index in [4.69, 9.17) is 47.1 Å². The Kier molecular flexibility index (Phi) is 6.38. The number of fused-ring (bicyclic) bond motifs is 2. The summed E-state index contributed by atoms with van der Waals surface area (Å²) in [7, 11) is 39.2. The van der Waals surface area contributed by atoms with Gasteiger partial charge in [-0.25, -0.2) is 0 Å². The summed E-state index contributed by atoms with van der Waals surface area (Å²) in [6, 6.07) is 27.1. The van der Waals surface area contributed by atoms with Gasteiger partial charge >= 0.3 is 0 Å². The highest BCUT2D eigenvalue weighted by Crippen LogP contribution is 2.43. The molecule has 12 radical (unpaired) electrons. The summed E-state index contributed by atoms with van der Waals surface area (Å²) in [4.78, 5) is 0. The average Bonchev–Trinajstić information content (AvgIpc) is 3.00. The molecule has 8 heteroatoms. The van der Waals surface area contributed by atoms with Crippen molar-refractivity contribution in [1.82, 2.24) is 0 Å². The number of aromatic hydroxyl groups is 2. The van der Waals surface area contributed by atoms with Gasteiger partial charge < -0.3 is 10.2 Å². The van der Waals surface area contributed by atoms with Crippen LogP contribution in [0.3, 0.4) is 0 Å². The third-order valence-electron chi connectivity index (χ3n) is 7.53. The standard InChI is InChI=1S/C32H16B6O2/c33-25-21-19(17-9-5-2-6-10-17)23-24(28(36)32(40)31(39)27(23)35)20(22(21)26(34)30(38)29(25)37)18-13-11-16(12-14-18)15-7-3-1-4-8-15/h1-14,39-40H. The molecule has 6 rings (SSSR count). The smallest absolute Gasteiger partial charge is 0.150 e. The number of hydrogen-bond donors (Lipinski definition) is 2.